The van der Waals surface area contributed by atoms with Gasteiger partial charge >= 0.3 is 0 Å². The van der Waals surface area contributed by atoms with Crippen LogP contribution < -0.4 is 5.73 Å². The largest absolute Gasteiger partial charge is 0.331 e. The third-order valence-electron chi connectivity index (χ3n) is 7.09. The van der Waals surface area contributed by atoms with E-state index in [1.54, 1.807) is 11.1 Å². The second kappa shape index (κ2) is 6.52. The molecule has 3 aliphatic heterocycles. The molecule has 2 bridgehead atoms. The van der Waals surface area contributed by atoms with Crippen molar-refractivity contribution in [1.82, 2.24) is 19.8 Å². The summed E-state index contributed by atoms with van der Waals surface area (Å²) in [4.78, 5) is 37.8. The zero-order valence-electron chi connectivity index (χ0n) is 15.6. The van der Waals surface area contributed by atoms with Crippen LogP contribution in [0.4, 0.5) is 0 Å². The van der Waals surface area contributed by atoms with Crippen molar-refractivity contribution in [3.05, 3.63) is 24.3 Å². The van der Waals surface area contributed by atoms with Crippen LogP contribution in [0.25, 0.3) is 0 Å². The molecular formula is C20H24N6O2. The van der Waals surface area contributed by atoms with E-state index in [9.17, 15) is 14.9 Å². The maximum Gasteiger partial charge on any atom is 0.274 e. The molecule has 28 heavy (non-hydrogen) atoms. The Hall–Kier alpha value is -2.53. The number of aromatic nitrogens is 2. The van der Waals surface area contributed by atoms with Crippen LogP contribution in [0.3, 0.4) is 0 Å². The van der Waals surface area contributed by atoms with Gasteiger partial charge in [-0.3, -0.25) is 14.6 Å². The summed E-state index contributed by atoms with van der Waals surface area (Å²) in [6, 6.07) is 1.76. The lowest BCUT2D eigenvalue weighted by Crippen LogP contribution is -2.55. The van der Waals surface area contributed by atoms with Gasteiger partial charge in [0.1, 0.15) is 11.7 Å². The van der Waals surface area contributed by atoms with E-state index in [1.165, 1.54) is 12.4 Å². The van der Waals surface area contributed by atoms with Gasteiger partial charge in [0, 0.05) is 30.5 Å². The Kier molecular flexibility index (Phi) is 4.09. The Morgan fingerprint density at radius 2 is 1.89 bits per heavy atom. The van der Waals surface area contributed by atoms with Crippen LogP contribution in [0.5, 0.6) is 0 Å². The maximum atomic E-state index is 13.1. The van der Waals surface area contributed by atoms with Crippen molar-refractivity contribution >= 4 is 11.8 Å². The number of fused-ring (bicyclic) bond motifs is 3. The monoisotopic (exact) mass is 380 g/mol. The number of nitriles is 1. The molecule has 3 saturated heterocycles. The predicted molar refractivity (Wildman–Crippen MR) is 98.5 cm³/mol. The number of amides is 2. The average molecular weight is 380 g/mol. The summed E-state index contributed by atoms with van der Waals surface area (Å²) in [5, 5.41) is 9.37. The Morgan fingerprint density at radius 3 is 2.54 bits per heavy atom. The van der Waals surface area contributed by atoms with E-state index in [4.69, 9.17) is 5.73 Å². The van der Waals surface area contributed by atoms with Gasteiger partial charge in [-0.15, -0.1) is 0 Å². The van der Waals surface area contributed by atoms with Gasteiger partial charge in [-0.2, -0.15) is 5.26 Å². The van der Waals surface area contributed by atoms with E-state index in [0.717, 1.165) is 38.5 Å². The number of nitrogens with zero attached hydrogens (tertiary/aromatic N) is 5. The zero-order valence-corrected chi connectivity index (χ0v) is 15.6. The maximum absolute atomic E-state index is 13.1. The summed E-state index contributed by atoms with van der Waals surface area (Å²) in [6.45, 7) is 0. The first-order chi connectivity index (χ1) is 13.6. The van der Waals surface area contributed by atoms with Crippen LogP contribution in [-0.2, 0) is 4.79 Å². The highest BCUT2D eigenvalue weighted by atomic mass is 16.2. The second-order valence-electron chi connectivity index (χ2n) is 8.63. The summed E-state index contributed by atoms with van der Waals surface area (Å²) in [5.41, 5.74) is 6.80. The number of likely N-dealkylation sites (tertiary alicyclic amines) is 1. The summed E-state index contributed by atoms with van der Waals surface area (Å²) in [5.74, 6) is 0.384. The third kappa shape index (κ3) is 2.68. The van der Waals surface area contributed by atoms with Crippen LogP contribution in [0.15, 0.2) is 18.6 Å². The summed E-state index contributed by atoms with van der Waals surface area (Å²) in [7, 11) is 0. The number of hydrogen-bond acceptors (Lipinski definition) is 6. The third-order valence-corrected chi connectivity index (χ3v) is 7.09. The number of carbonyl (C=O) groups excluding carboxylic acids is 2. The topological polar surface area (TPSA) is 116 Å². The fourth-order valence-electron chi connectivity index (χ4n) is 5.65. The lowest BCUT2D eigenvalue weighted by molar-refractivity contribution is -0.135. The first-order valence-corrected chi connectivity index (χ1v) is 10.1. The molecule has 0 aromatic carbocycles. The molecule has 1 aliphatic carbocycles. The van der Waals surface area contributed by atoms with Crippen molar-refractivity contribution < 1.29 is 9.59 Å². The normalized spacial score (nSPS) is 36.6. The Bertz CT molecular complexity index is 825. The highest BCUT2D eigenvalue weighted by Crippen LogP contribution is 2.48. The quantitative estimate of drug-likeness (QED) is 0.825. The van der Waals surface area contributed by atoms with Gasteiger partial charge in [0.25, 0.3) is 5.91 Å². The lowest BCUT2D eigenvalue weighted by Gasteiger charge is -2.41. The van der Waals surface area contributed by atoms with Crippen LogP contribution in [0, 0.1) is 23.2 Å². The van der Waals surface area contributed by atoms with E-state index in [1.807, 2.05) is 4.90 Å². The van der Waals surface area contributed by atoms with E-state index >= 15 is 0 Å². The minimum atomic E-state index is -0.591. The van der Waals surface area contributed by atoms with Crippen LogP contribution >= 0.6 is 0 Å². The molecule has 1 aromatic rings. The molecular weight excluding hydrogens is 356 g/mol. The van der Waals surface area contributed by atoms with Gasteiger partial charge in [0.05, 0.1) is 18.3 Å². The van der Waals surface area contributed by atoms with Crippen LogP contribution in [-0.4, -0.2) is 61.8 Å². The number of carbonyl (C=O) groups is 2. The summed E-state index contributed by atoms with van der Waals surface area (Å²) < 4.78 is 0. The molecule has 5 rings (SSSR count). The van der Waals surface area contributed by atoms with Gasteiger partial charge < -0.3 is 15.5 Å². The molecule has 146 valence electrons. The molecule has 2 N–H and O–H groups in total. The summed E-state index contributed by atoms with van der Waals surface area (Å²) in [6.07, 6.45) is 9.71. The molecule has 4 heterocycles. The minimum absolute atomic E-state index is 0.0491. The zero-order chi connectivity index (χ0) is 19.4. The molecule has 6 atom stereocenters. The second-order valence-corrected chi connectivity index (χ2v) is 8.63. The Morgan fingerprint density at radius 1 is 1.14 bits per heavy atom. The molecule has 1 aromatic heterocycles. The number of rotatable bonds is 3. The van der Waals surface area contributed by atoms with Crippen LogP contribution in [0.2, 0.25) is 0 Å². The van der Waals surface area contributed by atoms with E-state index in [-0.39, 0.29) is 41.9 Å². The van der Waals surface area contributed by atoms with Gasteiger partial charge in [-0.05, 0) is 50.4 Å². The molecule has 4 aliphatic rings. The molecule has 2 unspecified atom stereocenters. The molecule has 0 radical (unpaired) electrons. The van der Waals surface area contributed by atoms with E-state index in [2.05, 4.69) is 16.0 Å². The van der Waals surface area contributed by atoms with Crippen molar-refractivity contribution in [3.8, 4) is 6.07 Å². The molecule has 4 fully saturated rings. The first-order valence-electron chi connectivity index (χ1n) is 10.1. The minimum Gasteiger partial charge on any atom is -0.331 e. The van der Waals surface area contributed by atoms with Gasteiger partial charge in [0.2, 0.25) is 5.91 Å². The molecule has 2 amide bonds. The molecule has 8 nitrogen and oxygen atoms in total. The first kappa shape index (κ1) is 17.6. The fraction of sp³-hybridized carbons (Fsp3) is 0.650. The van der Waals surface area contributed by atoms with Crippen molar-refractivity contribution in [2.75, 3.05) is 0 Å². The van der Waals surface area contributed by atoms with Crippen molar-refractivity contribution in [1.29, 1.82) is 5.26 Å². The van der Waals surface area contributed by atoms with E-state index < -0.39 is 6.04 Å². The van der Waals surface area contributed by atoms with E-state index in [0.29, 0.717) is 11.6 Å². The highest BCUT2D eigenvalue weighted by Gasteiger charge is 2.56. The number of nitrogens with two attached hydrogens (primary N) is 1. The fourth-order valence-corrected chi connectivity index (χ4v) is 5.65. The lowest BCUT2D eigenvalue weighted by atomic mass is 9.84. The van der Waals surface area contributed by atoms with Crippen molar-refractivity contribution in [2.45, 2.75) is 68.7 Å². The SMILES string of the molecule is N#C[C@H]1C[C@H]2C[C@H]2N1C(=O)[C@H](N)C1CC2CCC(C1)N2C(=O)c1cnccn1. The Labute approximate surface area is 163 Å². The van der Waals surface area contributed by atoms with Gasteiger partial charge in [0.15, 0.2) is 0 Å². The number of piperidine rings is 2. The molecule has 8 heteroatoms. The van der Waals surface area contributed by atoms with Crippen molar-refractivity contribution in [2.24, 2.45) is 17.6 Å². The predicted octanol–water partition coefficient (Wildman–Crippen LogP) is 0.700. The number of hydrogen-bond donors (Lipinski definition) is 1. The van der Waals surface area contributed by atoms with Crippen molar-refractivity contribution in [3.63, 3.8) is 0 Å². The summed E-state index contributed by atoms with van der Waals surface area (Å²) >= 11 is 0. The highest BCUT2D eigenvalue weighted by molar-refractivity contribution is 5.92. The molecule has 1 saturated carbocycles. The Balaban J connectivity index is 1.29. The van der Waals surface area contributed by atoms with Gasteiger partial charge in [-0.1, -0.05) is 0 Å². The molecule has 0 spiro atoms. The average Bonchev–Trinajstić information content (AvgIpc) is 3.32. The van der Waals surface area contributed by atoms with Crippen LogP contribution in [0.1, 0.15) is 49.0 Å². The smallest absolute Gasteiger partial charge is 0.274 e. The standard InChI is InChI=1S/C20H24N6O2/c21-9-15-5-11-8-17(11)26(15)20(28)18(22)12-6-13-1-2-14(7-12)25(13)19(27)16-10-23-3-4-24-16/h3-4,10-15,17-18H,1-2,5-8,22H2/t11-,12?,13?,14?,15+,17+,18+/m0/s1. The van der Waals surface area contributed by atoms with Gasteiger partial charge in [-0.25, -0.2) is 4.98 Å².